The Kier molecular flexibility index (Phi) is 3.18. The second kappa shape index (κ2) is 5.35. The summed E-state index contributed by atoms with van der Waals surface area (Å²) < 4.78 is 1.62. The molecule has 1 saturated heterocycles. The molecule has 0 aliphatic carbocycles. The molecule has 116 valence electrons. The molecule has 0 saturated carbocycles. The topological polar surface area (TPSA) is 75.4 Å². The fraction of sp³-hybridized carbons (Fsp3) is 0.250. The lowest BCUT2D eigenvalue weighted by Crippen LogP contribution is -2.34. The Morgan fingerprint density at radius 3 is 2.91 bits per heavy atom. The van der Waals surface area contributed by atoms with Crippen LogP contribution in [0.3, 0.4) is 0 Å². The van der Waals surface area contributed by atoms with Crippen LogP contribution in [-0.2, 0) is 4.79 Å². The molecule has 2 aromatic heterocycles. The van der Waals surface area contributed by atoms with Crippen LogP contribution in [0.4, 0.5) is 11.5 Å². The first-order chi connectivity index (χ1) is 11.2. The Morgan fingerprint density at radius 1 is 1.26 bits per heavy atom. The van der Waals surface area contributed by atoms with Gasteiger partial charge in [0.05, 0.1) is 0 Å². The zero-order valence-electron chi connectivity index (χ0n) is 12.7. The maximum absolute atomic E-state index is 12.7. The number of rotatable bonds is 3. The summed E-state index contributed by atoms with van der Waals surface area (Å²) in [7, 11) is 0. The third-order valence-electron chi connectivity index (χ3n) is 3.98. The SMILES string of the molecule is Cc1cc(NC2CCN(c3ccccc3)C2=O)n2ncnc2n1. The molecule has 1 fully saturated rings. The van der Waals surface area contributed by atoms with Gasteiger partial charge in [-0.05, 0) is 25.5 Å². The van der Waals surface area contributed by atoms with E-state index in [0.29, 0.717) is 12.3 Å². The van der Waals surface area contributed by atoms with E-state index in [-0.39, 0.29) is 11.9 Å². The molecule has 7 heteroatoms. The van der Waals surface area contributed by atoms with Gasteiger partial charge in [-0.25, -0.2) is 4.98 Å². The summed E-state index contributed by atoms with van der Waals surface area (Å²) in [6.07, 6.45) is 2.20. The molecule has 1 N–H and O–H groups in total. The molecule has 0 spiro atoms. The zero-order chi connectivity index (χ0) is 15.8. The molecule has 3 heterocycles. The maximum atomic E-state index is 12.7. The van der Waals surface area contributed by atoms with Gasteiger partial charge in [-0.2, -0.15) is 14.6 Å². The van der Waals surface area contributed by atoms with Gasteiger partial charge in [0.2, 0.25) is 5.91 Å². The number of anilines is 2. The number of hydrogen-bond acceptors (Lipinski definition) is 5. The highest BCUT2D eigenvalue weighted by atomic mass is 16.2. The predicted molar refractivity (Wildman–Crippen MR) is 86.3 cm³/mol. The molecule has 1 atom stereocenters. The van der Waals surface area contributed by atoms with Crippen LogP contribution in [0.2, 0.25) is 0 Å². The number of amides is 1. The first kappa shape index (κ1) is 13.7. The van der Waals surface area contributed by atoms with Crippen LogP contribution < -0.4 is 10.2 Å². The van der Waals surface area contributed by atoms with Crippen molar-refractivity contribution in [2.24, 2.45) is 0 Å². The van der Waals surface area contributed by atoms with E-state index in [0.717, 1.165) is 23.6 Å². The number of hydrogen-bond donors (Lipinski definition) is 1. The number of benzene rings is 1. The van der Waals surface area contributed by atoms with Gasteiger partial charge in [0.15, 0.2) is 0 Å². The summed E-state index contributed by atoms with van der Waals surface area (Å²) in [5.41, 5.74) is 1.76. The van der Waals surface area contributed by atoms with E-state index in [4.69, 9.17) is 0 Å². The number of carbonyl (C=O) groups excluding carboxylic acids is 1. The summed E-state index contributed by atoms with van der Waals surface area (Å²) in [6.45, 7) is 2.59. The summed E-state index contributed by atoms with van der Waals surface area (Å²) in [4.78, 5) is 22.9. The van der Waals surface area contributed by atoms with Crippen molar-refractivity contribution in [1.29, 1.82) is 0 Å². The smallest absolute Gasteiger partial charge is 0.254 e. The van der Waals surface area contributed by atoms with E-state index in [2.05, 4.69) is 20.4 Å². The third-order valence-corrected chi connectivity index (χ3v) is 3.98. The highest BCUT2D eigenvalue weighted by molar-refractivity contribution is 6.00. The molecule has 4 rings (SSSR count). The zero-order valence-corrected chi connectivity index (χ0v) is 12.7. The number of fused-ring (bicyclic) bond motifs is 1. The molecular weight excluding hydrogens is 292 g/mol. The Labute approximate surface area is 133 Å². The minimum atomic E-state index is -0.274. The van der Waals surface area contributed by atoms with Crippen LogP contribution >= 0.6 is 0 Å². The van der Waals surface area contributed by atoms with Gasteiger partial charge in [0, 0.05) is 24.0 Å². The molecule has 1 aliphatic rings. The molecule has 1 aliphatic heterocycles. The molecular formula is C16H16N6O. The average molecular weight is 308 g/mol. The molecule has 0 radical (unpaired) electrons. The third kappa shape index (κ3) is 2.40. The second-order valence-electron chi connectivity index (χ2n) is 5.57. The minimum Gasteiger partial charge on any atom is -0.358 e. The number of nitrogens with one attached hydrogen (secondary N) is 1. The highest BCUT2D eigenvalue weighted by Crippen LogP contribution is 2.23. The monoisotopic (exact) mass is 308 g/mol. The van der Waals surface area contributed by atoms with Gasteiger partial charge in [0.25, 0.3) is 5.78 Å². The maximum Gasteiger partial charge on any atom is 0.254 e. The van der Waals surface area contributed by atoms with E-state index >= 15 is 0 Å². The van der Waals surface area contributed by atoms with E-state index in [1.54, 1.807) is 4.52 Å². The van der Waals surface area contributed by atoms with E-state index in [1.807, 2.05) is 48.2 Å². The lowest BCUT2D eigenvalue weighted by Gasteiger charge is -2.18. The van der Waals surface area contributed by atoms with Crippen LogP contribution in [0.1, 0.15) is 12.1 Å². The first-order valence-electron chi connectivity index (χ1n) is 7.53. The normalized spacial score (nSPS) is 17.9. The Balaban J connectivity index is 1.60. The van der Waals surface area contributed by atoms with Crippen molar-refractivity contribution in [3.05, 3.63) is 48.4 Å². The summed E-state index contributed by atoms with van der Waals surface area (Å²) in [5.74, 6) is 1.33. The lowest BCUT2D eigenvalue weighted by molar-refractivity contribution is -0.117. The quantitative estimate of drug-likeness (QED) is 0.796. The fourth-order valence-electron chi connectivity index (χ4n) is 2.89. The van der Waals surface area contributed by atoms with Crippen molar-refractivity contribution in [1.82, 2.24) is 19.6 Å². The highest BCUT2D eigenvalue weighted by Gasteiger charge is 2.32. The van der Waals surface area contributed by atoms with Gasteiger partial charge < -0.3 is 10.2 Å². The van der Waals surface area contributed by atoms with Gasteiger partial charge in [-0.3, -0.25) is 4.79 Å². The Hall–Kier alpha value is -2.96. The molecule has 1 unspecified atom stereocenters. The van der Waals surface area contributed by atoms with Crippen LogP contribution in [0.15, 0.2) is 42.7 Å². The van der Waals surface area contributed by atoms with Crippen molar-refractivity contribution in [3.8, 4) is 0 Å². The van der Waals surface area contributed by atoms with Crippen molar-refractivity contribution < 1.29 is 4.79 Å². The molecule has 1 aromatic carbocycles. The van der Waals surface area contributed by atoms with Crippen LogP contribution in [-0.4, -0.2) is 38.1 Å². The fourth-order valence-corrected chi connectivity index (χ4v) is 2.89. The van der Waals surface area contributed by atoms with Gasteiger partial charge in [-0.15, -0.1) is 0 Å². The largest absolute Gasteiger partial charge is 0.358 e. The van der Waals surface area contributed by atoms with Crippen LogP contribution in [0.25, 0.3) is 5.78 Å². The molecule has 0 bridgehead atoms. The summed E-state index contributed by atoms with van der Waals surface area (Å²) >= 11 is 0. The molecule has 7 nitrogen and oxygen atoms in total. The average Bonchev–Trinajstić information content (AvgIpc) is 3.16. The molecule has 1 amide bonds. The van der Waals surface area contributed by atoms with Crippen LogP contribution in [0, 0.1) is 6.92 Å². The number of aromatic nitrogens is 4. The van der Waals surface area contributed by atoms with Crippen molar-refractivity contribution in [3.63, 3.8) is 0 Å². The van der Waals surface area contributed by atoms with Gasteiger partial charge in [0.1, 0.15) is 18.2 Å². The number of nitrogens with zero attached hydrogens (tertiary/aromatic N) is 5. The number of para-hydroxylation sites is 1. The van der Waals surface area contributed by atoms with E-state index in [9.17, 15) is 4.79 Å². The second-order valence-corrected chi connectivity index (χ2v) is 5.57. The molecule has 3 aromatic rings. The van der Waals surface area contributed by atoms with E-state index < -0.39 is 0 Å². The Morgan fingerprint density at radius 2 is 2.09 bits per heavy atom. The number of carbonyl (C=O) groups is 1. The summed E-state index contributed by atoms with van der Waals surface area (Å²) in [6, 6.07) is 11.3. The predicted octanol–water partition coefficient (Wildman–Crippen LogP) is 1.65. The first-order valence-corrected chi connectivity index (χ1v) is 7.53. The van der Waals surface area contributed by atoms with Crippen LogP contribution in [0.5, 0.6) is 0 Å². The number of aryl methyl sites for hydroxylation is 1. The van der Waals surface area contributed by atoms with Gasteiger partial charge >= 0.3 is 0 Å². The van der Waals surface area contributed by atoms with E-state index in [1.165, 1.54) is 6.33 Å². The van der Waals surface area contributed by atoms with Crippen molar-refractivity contribution >= 4 is 23.2 Å². The van der Waals surface area contributed by atoms with Crippen molar-refractivity contribution in [2.75, 3.05) is 16.8 Å². The summed E-state index contributed by atoms with van der Waals surface area (Å²) in [5, 5.41) is 7.45. The lowest BCUT2D eigenvalue weighted by atomic mass is 10.2. The van der Waals surface area contributed by atoms with Gasteiger partial charge in [-0.1, -0.05) is 18.2 Å². The van der Waals surface area contributed by atoms with Crippen molar-refractivity contribution in [2.45, 2.75) is 19.4 Å². The Bertz CT molecular complexity index is 859. The minimum absolute atomic E-state index is 0.0685. The molecule has 23 heavy (non-hydrogen) atoms. The standard InChI is InChI=1S/C16H16N6O/c1-11-9-14(22-16(19-11)17-10-18-22)20-13-7-8-21(15(13)23)12-5-3-2-4-6-12/h2-6,9-10,13,20H,7-8H2,1H3.